The summed E-state index contributed by atoms with van der Waals surface area (Å²) in [7, 11) is 1.61. The fourth-order valence-electron chi connectivity index (χ4n) is 2.52. The van der Waals surface area contributed by atoms with E-state index in [2.05, 4.69) is 10.6 Å². The van der Waals surface area contributed by atoms with Crippen LogP contribution in [-0.4, -0.2) is 18.9 Å². The van der Waals surface area contributed by atoms with Crippen molar-refractivity contribution >= 4 is 17.5 Å². The molecule has 2 aromatic carbocycles. The maximum atomic E-state index is 12.5. The van der Waals surface area contributed by atoms with Gasteiger partial charge >= 0.3 is 0 Å². The smallest absolute Gasteiger partial charge is 0.291 e. The lowest BCUT2D eigenvalue weighted by Crippen LogP contribution is -2.23. The number of anilines is 1. The van der Waals surface area contributed by atoms with Gasteiger partial charge in [0.1, 0.15) is 5.75 Å². The number of benzene rings is 2. The summed E-state index contributed by atoms with van der Waals surface area (Å²) in [4.78, 5) is 24.6. The molecule has 6 heteroatoms. The SMILES string of the molecule is COc1ccc(CNC(=O)c2ccc(C)c(NC(=O)c3ccco3)c2)cc1. The van der Waals surface area contributed by atoms with E-state index in [4.69, 9.17) is 9.15 Å². The van der Waals surface area contributed by atoms with E-state index in [1.165, 1.54) is 6.26 Å². The standard InChI is InChI=1S/C21H20N2O4/c1-14-5-8-16(12-18(14)23-21(25)19-4-3-11-27-19)20(24)22-13-15-6-9-17(26-2)10-7-15/h3-12H,13H2,1-2H3,(H,22,24)(H,23,25). The van der Waals surface area contributed by atoms with Gasteiger partial charge in [-0.2, -0.15) is 0 Å². The summed E-state index contributed by atoms with van der Waals surface area (Å²) in [5.41, 5.74) is 2.83. The molecule has 1 aromatic heterocycles. The van der Waals surface area contributed by atoms with Crippen molar-refractivity contribution in [3.63, 3.8) is 0 Å². The molecule has 0 spiro atoms. The second-order valence-corrected chi connectivity index (χ2v) is 5.99. The molecular formula is C21H20N2O4. The zero-order valence-corrected chi connectivity index (χ0v) is 15.1. The Hall–Kier alpha value is -3.54. The number of rotatable bonds is 6. The van der Waals surface area contributed by atoms with Crippen LogP contribution in [0.2, 0.25) is 0 Å². The Kier molecular flexibility index (Phi) is 5.56. The van der Waals surface area contributed by atoms with Crippen LogP contribution in [0.25, 0.3) is 0 Å². The van der Waals surface area contributed by atoms with Gasteiger partial charge in [0.15, 0.2) is 5.76 Å². The predicted octanol–water partition coefficient (Wildman–Crippen LogP) is 3.78. The highest BCUT2D eigenvalue weighted by Gasteiger charge is 2.13. The zero-order valence-electron chi connectivity index (χ0n) is 15.1. The number of carbonyl (C=O) groups is 2. The summed E-state index contributed by atoms with van der Waals surface area (Å²) in [6.45, 7) is 2.25. The van der Waals surface area contributed by atoms with Gasteiger partial charge in [0, 0.05) is 17.8 Å². The second kappa shape index (κ2) is 8.23. The lowest BCUT2D eigenvalue weighted by atomic mass is 10.1. The van der Waals surface area contributed by atoms with Crippen molar-refractivity contribution in [3.8, 4) is 5.75 Å². The van der Waals surface area contributed by atoms with Crippen molar-refractivity contribution in [3.05, 3.63) is 83.3 Å². The molecule has 0 aliphatic rings. The summed E-state index contributed by atoms with van der Waals surface area (Å²) in [6, 6.07) is 15.9. The molecule has 0 bridgehead atoms. The van der Waals surface area contributed by atoms with Crippen LogP contribution in [0, 0.1) is 6.92 Å². The number of nitrogens with one attached hydrogen (secondary N) is 2. The minimum atomic E-state index is -0.362. The molecule has 6 nitrogen and oxygen atoms in total. The van der Waals surface area contributed by atoms with E-state index in [-0.39, 0.29) is 17.6 Å². The van der Waals surface area contributed by atoms with E-state index in [1.807, 2.05) is 31.2 Å². The largest absolute Gasteiger partial charge is 0.497 e. The van der Waals surface area contributed by atoms with E-state index in [1.54, 1.807) is 37.4 Å². The Morgan fingerprint density at radius 1 is 1.04 bits per heavy atom. The number of hydrogen-bond donors (Lipinski definition) is 2. The van der Waals surface area contributed by atoms with Gasteiger partial charge in [-0.3, -0.25) is 9.59 Å². The van der Waals surface area contributed by atoms with Gasteiger partial charge in [0.05, 0.1) is 13.4 Å². The number of ether oxygens (including phenoxy) is 1. The first-order valence-corrected chi connectivity index (χ1v) is 8.43. The minimum Gasteiger partial charge on any atom is -0.497 e. The van der Waals surface area contributed by atoms with Crippen LogP contribution in [0.3, 0.4) is 0 Å². The first-order valence-electron chi connectivity index (χ1n) is 8.43. The molecule has 0 saturated carbocycles. The second-order valence-electron chi connectivity index (χ2n) is 5.99. The van der Waals surface area contributed by atoms with Crippen LogP contribution in [0.15, 0.2) is 65.3 Å². The third-order valence-electron chi connectivity index (χ3n) is 4.11. The van der Waals surface area contributed by atoms with Gasteiger partial charge in [0.25, 0.3) is 11.8 Å². The lowest BCUT2D eigenvalue weighted by molar-refractivity contribution is 0.0949. The molecule has 3 aromatic rings. The van der Waals surface area contributed by atoms with Crippen molar-refractivity contribution < 1.29 is 18.7 Å². The summed E-state index contributed by atoms with van der Waals surface area (Å²) in [6.07, 6.45) is 1.44. The zero-order chi connectivity index (χ0) is 19.2. The number of aryl methyl sites for hydroxylation is 1. The van der Waals surface area contributed by atoms with Crippen molar-refractivity contribution in [2.75, 3.05) is 12.4 Å². The first-order chi connectivity index (χ1) is 13.1. The molecule has 2 N–H and O–H groups in total. The third-order valence-corrected chi connectivity index (χ3v) is 4.11. The van der Waals surface area contributed by atoms with Gasteiger partial charge in [-0.15, -0.1) is 0 Å². The van der Waals surface area contributed by atoms with Crippen molar-refractivity contribution in [1.29, 1.82) is 0 Å². The maximum Gasteiger partial charge on any atom is 0.291 e. The van der Waals surface area contributed by atoms with Gasteiger partial charge in [-0.1, -0.05) is 18.2 Å². The summed E-state index contributed by atoms with van der Waals surface area (Å²) < 4.78 is 10.2. The lowest BCUT2D eigenvalue weighted by Gasteiger charge is -2.11. The van der Waals surface area contributed by atoms with Crippen LogP contribution in [0.1, 0.15) is 32.0 Å². The average molecular weight is 364 g/mol. The molecular weight excluding hydrogens is 344 g/mol. The van der Waals surface area contributed by atoms with Crippen LogP contribution in [0.5, 0.6) is 5.75 Å². The van der Waals surface area contributed by atoms with Crippen LogP contribution >= 0.6 is 0 Å². The van der Waals surface area contributed by atoms with E-state index < -0.39 is 0 Å². The summed E-state index contributed by atoms with van der Waals surface area (Å²) in [5, 5.41) is 5.64. The molecule has 0 aliphatic carbocycles. The van der Waals surface area contributed by atoms with Crippen LogP contribution in [0.4, 0.5) is 5.69 Å². The molecule has 27 heavy (non-hydrogen) atoms. The quantitative estimate of drug-likeness (QED) is 0.697. The molecule has 0 saturated heterocycles. The minimum absolute atomic E-state index is 0.212. The summed E-state index contributed by atoms with van der Waals surface area (Å²) >= 11 is 0. The average Bonchev–Trinajstić information content (AvgIpc) is 3.23. The summed E-state index contributed by atoms with van der Waals surface area (Å²) in [5.74, 6) is 0.391. The predicted molar refractivity (Wildman–Crippen MR) is 102 cm³/mol. The Morgan fingerprint density at radius 2 is 1.81 bits per heavy atom. The molecule has 138 valence electrons. The highest BCUT2D eigenvalue weighted by Crippen LogP contribution is 2.18. The van der Waals surface area contributed by atoms with E-state index in [0.29, 0.717) is 17.8 Å². The molecule has 0 fully saturated rings. The molecule has 0 unspecified atom stereocenters. The van der Waals surface area contributed by atoms with E-state index in [9.17, 15) is 9.59 Å². The van der Waals surface area contributed by atoms with E-state index >= 15 is 0 Å². The fraction of sp³-hybridized carbons (Fsp3) is 0.143. The third kappa shape index (κ3) is 4.55. The van der Waals surface area contributed by atoms with Gasteiger partial charge in [0.2, 0.25) is 0 Å². The van der Waals surface area contributed by atoms with Crippen molar-refractivity contribution in [1.82, 2.24) is 5.32 Å². The number of furan rings is 1. The Bertz CT molecular complexity index is 931. The van der Waals surface area contributed by atoms with Crippen LogP contribution < -0.4 is 15.4 Å². The first kappa shape index (κ1) is 18.3. The fourth-order valence-corrected chi connectivity index (χ4v) is 2.52. The number of carbonyl (C=O) groups excluding carboxylic acids is 2. The maximum absolute atomic E-state index is 12.5. The highest BCUT2D eigenvalue weighted by molar-refractivity contribution is 6.03. The van der Waals surface area contributed by atoms with Gasteiger partial charge < -0.3 is 19.8 Å². The van der Waals surface area contributed by atoms with E-state index in [0.717, 1.165) is 16.9 Å². The topological polar surface area (TPSA) is 80.6 Å². The Balaban J connectivity index is 1.66. The van der Waals surface area contributed by atoms with Gasteiger partial charge in [-0.25, -0.2) is 0 Å². The molecule has 0 atom stereocenters. The number of methoxy groups -OCH3 is 1. The molecule has 3 rings (SSSR count). The van der Waals surface area contributed by atoms with Gasteiger partial charge in [-0.05, 0) is 54.4 Å². The van der Waals surface area contributed by atoms with Crippen LogP contribution in [-0.2, 0) is 6.54 Å². The molecule has 0 radical (unpaired) electrons. The number of amides is 2. The van der Waals surface area contributed by atoms with Crippen molar-refractivity contribution in [2.45, 2.75) is 13.5 Å². The monoisotopic (exact) mass is 364 g/mol. The normalized spacial score (nSPS) is 10.3. The molecule has 1 heterocycles. The Morgan fingerprint density at radius 3 is 2.48 bits per heavy atom. The van der Waals surface area contributed by atoms with Crippen molar-refractivity contribution in [2.24, 2.45) is 0 Å². The Labute approximate surface area is 157 Å². The highest BCUT2D eigenvalue weighted by atomic mass is 16.5. The molecule has 0 aliphatic heterocycles. The molecule has 2 amide bonds. The number of hydrogen-bond acceptors (Lipinski definition) is 4.